The van der Waals surface area contributed by atoms with Crippen LogP contribution in [0.1, 0.15) is 18.1 Å². The van der Waals surface area contributed by atoms with E-state index in [-0.39, 0.29) is 30.8 Å². The van der Waals surface area contributed by atoms with Gasteiger partial charge < -0.3 is 15.7 Å². The maximum Gasteiger partial charge on any atom is 0.224 e. The molecule has 0 aromatic heterocycles. The fourth-order valence-electron chi connectivity index (χ4n) is 2.10. The molecule has 1 amide bonds. The second-order valence-corrected chi connectivity index (χ2v) is 5.46. The second kappa shape index (κ2) is 8.05. The minimum absolute atomic E-state index is 0. The van der Waals surface area contributed by atoms with Crippen molar-refractivity contribution in [3.8, 4) is 0 Å². The molecule has 7 heteroatoms. The Balaban J connectivity index is 0.00000200. The van der Waals surface area contributed by atoms with Crippen LogP contribution >= 0.6 is 35.6 Å². The van der Waals surface area contributed by atoms with E-state index in [9.17, 15) is 9.90 Å². The maximum absolute atomic E-state index is 11.8. The quantitative estimate of drug-likeness (QED) is 0.788. The number of halogens is 3. The Hall–Kier alpha value is -0.520. The van der Waals surface area contributed by atoms with E-state index in [1.807, 2.05) is 0 Å². The SMILES string of the molecule is Cl.O=C(NCC(O)c1ccc(Cl)cc1Cl)C1CCNC1. The lowest BCUT2D eigenvalue weighted by atomic mass is 10.1. The van der Waals surface area contributed by atoms with E-state index in [1.165, 1.54) is 0 Å². The minimum Gasteiger partial charge on any atom is -0.387 e. The fourth-order valence-corrected chi connectivity index (χ4v) is 2.64. The van der Waals surface area contributed by atoms with Gasteiger partial charge in [0.25, 0.3) is 0 Å². The zero-order chi connectivity index (χ0) is 13.8. The molecule has 2 rings (SSSR count). The van der Waals surface area contributed by atoms with Crippen LogP contribution in [0.5, 0.6) is 0 Å². The van der Waals surface area contributed by atoms with E-state index in [0.29, 0.717) is 22.2 Å². The van der Waals surface area contributed by atoms with Crippen molar-refractivity contribution in [2.45, 2.75) is 12.5 Å². The van der Waals surface area contributed by atoms with Crippen molar-refractivity contribution in [3.05, 3.63) is 33.8 Å². The molecule has 1 aromatic carbocycles. The van der Waals surface area contributed by atoms with Gasteiger partial charge in [0.05, 0.1) is 12.0 Å². The number of hydrogen-bond donors (Lipinski definition) is 3. The Kier molecular flexibility index (Phi) is 7.06. The van der Waals surface area contributed by atoms with E-state index in [1.54, 1.807) is 18.2 Å². The highest BCUT2D eigenvalue weighted by molar-refractivity contribution is 6.35. The summed E-state index contributed by atoms with van der Waals surface area (Å²) in [4.78, 5) is 11.8. The molecule has 1 aliphatic heterocycles. The van der Waals surface area contributed by atoms with Gasteiger partial charge in [-0.25, -0.2) is 0 Å². The number of aliphatic hydroxyl groups is 1. The predicted octanol–water partition coefficient (Wildman–Crippen LogP) is 2.17. The molecule has 0 radical (unpaired) electrons. The summed E-state index contributed by atoms with van der Waals surface area (Å²) in [5.41, 5.74) is 0.566. The normalized spacial score (nSPS) is 19.2. The van der Waals surface area contributed by atoms with E-state index in [0.717, 1.165) is 13.0 Å². The van der Waals surface area contributed by atoms with Crippen LogP contribution in [0.3, 0.4) is 0 Å². The second-order valence-electron chi connectivity index (χ2n) is 4.62. The molecule has 0 aliphatic carbocycles. The van der Waals surface area contributed by atoms with Gasteiger partial charge in [-0.3, -0.25) is 4.79 Å². The molecule has 1 aliphatic rings. The molecule has 0 spiro atoms. The molecule has 1 fully saturated rings. The topological polar surface area (TPSA) is 61.4 Å². The van der Waals surface area contributed by atoms with Gasteiger partial charge in [-0.15, -0.1) is 12.4 Å². The average molecular weight is 340 g/mol. The maximum atomic E-state index is 11.8. The highest BCUT2D eigenvalue weighted by Gasteiger charge is 2.23. The number of rotatable bonds is 4. The highest BCUT2D eigenvalue weighted by Crippen LogP contribution is 2.26. The van der Waals surface area contributed by atoms with Crippen LogP contribution in [-0.4, -0.2) is 30.6 Å². The Morgan fingerprint density at radius 2 is 2.25 bits per heavy atom. The van der Waals surface area contributed by atoms with Crippen LogP contribution in [0.4, 0.5) is 0 Å². The lowest BCUT2D eigenvalue weighted by molar-refractivity contribution is -0.124. The van der Waals surface area contributed by atoms with Gasteiger partial charge in [0.15, 0.2) is 0 Å². The lowest BCUT2D eigenvalue weighted by Crippen LogP contribution is -2.34. The van der Waals surface area contributed by atoms with Crippen molar-refractivity contribution in [2.75, 3.05) is 19.6 Å². The Morgan fingerprint density at radius 1 is 1.50 bits per heavy atom. The third-order valence-corrected chi connectivity index (χ3v) is 3.78. The van der Waals surface area contributed by atoms with Crippen LogP contribution in [0.2, 0.25) is 10.0 Å². The molecule has 112 valence electrons. The van der Waals surface area contributed by atoms with Gasteiger partial charge in [-0.2, -0.15) is 0 Å². The fraction of sp³-hybridized carbons (Fsp3) is 0.462. The first-order chi connectivity index (χ1) is 9.08. The van der Waals surface area contributed by atoms with E-state index in [2.05, 4.69) is 10.6 Å². The molecule has 1 saturated heterocycles. The highest BCUT2D eigenvalue weighted by atomic mass is 35.5. The summed E-state index contributed by atoms with van der Waals surface area (Å²) >= 11 is 11.8. The number of carbonyl (C=O) groups is 1. The number of benzene rings is 1. The number of amides is 1. The molecule has 3 N–H and O–H groups in total. The summed E-state index contributed by atoms with van der Waals surface area (Å²) in [6.07, 6.45) is 0.00645. The summed E-state index contributed by atoms with van der Waals surface area (Å²) in [6, 6.07) is 4.90. The largest absolute Gasteiger partial charge is 0.387 e. The summed E-state index contributed by atoms with van der Waals surface area (Å²) in [6.45, 7) is 1.71. The molecule has 0 saturated carbocycles. The van der Waals surface area contributed by atoms with E-state index in [4.69, 9.17) is 23.2 Å². The predicted molar refractivity (Wildman–Crippen MR) is 82.7 cm³/mol. The third kappa shape index (κ3) is 4.50. The van der Waals surface area contributed by atoms with Crippen molar-refractivity contribution >= 4 is 41.5 Å². The van der Waals surface area contributed by atoms with E-state index < -0.39 is 6.10 Å². The van der Waals surface area contributed by atoms with Crippen molar-refractivity contribution < 1.29 is 9.90 Å². The molecule has 20 heavy (non-hydrogen) atoms. The number of hydrogen-bond acceptors (Lipinski definition) is 3. The Labute approximate surface area is 134 Å². The smallest absolute Gasteiger partial charge is 0.224 e. The Bertz CT molecular complexity index is 465. The summed E-state index contributed by atoms with van der Waals surface area (Å²) in [7, 11) is 0. The third-order valence-electron chi connectivity index (χ3n) is 3.22. The number of aliphatic hydroxyl groups excluding tert-OH is 1. The monoisotopic (exact) mass is 338 g/mol. The molecule has 2 unspecified atom stereocenters. The molecule has 1 heterocycles. The minimum atomic E-state index is -0.830. The summed E-state index contributed by atoms with van der Waals surface area (Å²) in [5.74, 6) is -0.0398. The van der Waals surface area contributed by atoms with Crippen molar-refractivity contribution in [2.24, 2.45) is 5.92 Å². The zero-order valence-corrected chi connectivity index (χ0v) is 13.1. The van der Waals surface area contributed by atoms with Crippen molar-refractivity contribution in [3.63, 3.8) is 0 Å². The zero-order valence-electron chi connectivity index (χ0n) is 10.7. The van der Waals surface area contributed by atoms with Crippen LogP contribution in [0.15, 0.2) is 18.2 Å². The molecular formula is C13H17Cl3N2O2. The molecule has 4 nitrogen and oxygen atoms in total. The molecule has 0 bridgehead atoms. The molecular weight excluding hydrogens is 323 g/mol. The number of carbonyl (C=O) groups excluding carboxylic acids is 1. The molecule has 2 atom stereocenters. The van der Waals surface area contributed by atoms with Crippen LogP contribution in [-0.2, 0) is 4.79 Å². The standard InChI is InChI=1S/C13H16Cl2N2O2.ClH/c14-9-1-2-10(11(15)5-9)12(18)7-17-13(19)8-3-4-16-6-8;/h1-2,5,8,12,16,18H,3-4,6-7H2,(H,17,19);1H. The summed E-state index contributed by atoms with van der Waals surface area (Å²) < 4.78 is 0. The first-order valence-electron chi connectivity index (χ1n) is 6.19. The van der Waals surface area contributed by atoms with Gasteiger partial charge in [0.1, 0.15) is 0 Å². The first kappa shape index (κ1) is 17.5. The van der Waals surface area contributed by atoms with Crippen LogP contribution in [0, 0.1) is 5.92 Å². The van der Waals surface area contributed by atoms with Gasteiger partial charge in [0.2, 0.25) is 5.91 Å². The summed E-state index contributed by atoms with van der Waals surface area (Å²) in [5, 5.41) is 16.8. The Morgan fingerprint density at radius 3 is 2.85 bits per heavy atom. The van der Waals surface area contributed by atoms with Gasteiger partial charge in [0, 0.05) is 28.7 Å². The number of nitrogens with one attached hydrogen (secondary N) is 2. The van der Waals surface area contributed by atoms with Gasteiger partial charge >= 0.3 is 0 Å². The first-order valence-corrected chi connectivity index (χ1v) is 6.95. The van der Waals surface area contributed by atoms with Gasteiger partial charge in [-0.05, 0) is 25.1 Å². The van der Waals surface area contributed by atoms with Crippen LogP contribution in [0.25, 0.3) is 0 Å². The van der Waals surface area contributed by atoms with E-state index >= 15 is 0 Å². The van der Waals surface area contributed by atoms with Crippen molar-refractivity contribution in [1.29, 1.82) is 0 Å². The van der Waals surface area contributed by atoms with Crippen molar-refractivity contribution in [1.82, 2.24) is 10.6 Å². The van der Waals surface area contributed by atoms with Gasteiger partial charge in [-0.1, -0.05) is 29.3 Å². The van der Waals surface area contributed by atoms with Crippen LogP contribution < -0.4 is 10.6 Å². The lowest BCUT2D eigenvalue weighted by Gasteiger charge is -2.15. The molecule has 1 aromatic rings. The average Bonchev–Trinajstić information content (AvgIpc) is 2.89.